The minimum Gasteiger partial charge on any atom is -0.871 e. The molecule has 4 aromatic carbocycles. The van der Waals surface area contributed by atoms with Crippen molar-refractivity contribution >= 4 is 67.3 Å². The Morgan fingerprint density at radius 3 is 2.39 bits per heavy atom. The standard InChI is InChI=1S/C23H19N4O6PS.Na/c1-27-17-4-2-3-5-19(17)34(29,30)20-12-15(8-9-18(20)27)25-26-22-21(35(31,32)33)10-13-6-7-14(24)11-16(13)23(22)28;/h2-12,28H,24H2,1H3,(H,29,30)(H,31,32,33);/q;+1/p-1. The van der Waals surface area contributed by atoms with E-state index in [4.69, 9.17) is 5.73 Å². The monoisotopic (exact) mass is 532 g/mol. The SMILES string of the molecule is CN1c2ccccc2P(=O)(O)c2cc(N=Nc3c(S(=O)(=O)O)cc4ccc(N)cc4c3[O-])ccc21.[Na+]. The van der Waals surface area contributed by atoms with E-state index in [1.807, 2.05) is 0 Å². The summed E-state index contributed by atoms with van der Waals surface area (Å²) >= 11 is 0. The van der Waals surface area contributed by atoms with Gasteiger partial charge in [0.2, 0.25) is 0 Å². The normalized spacial score (nSPS) is 17.0. The van der Waals surface area contributed by atoms with E-state index in [2.05, 4.69) is 10.2 Å². The quantitative estimate of drug-likeness (QED) is 0.112. The molecule has 0 spiro atoms. The van der Waals surface area contributed by atoms with Crippen LogP contribution in [0.1, 0.15) is 0 Å². The zero-order valence-electron chi connectivity index (χ0n) is 19.2. The first-order valence-corrected chi connectivity index (χ1v) is 13.3. The molecule has 4 N–H and O–H groups in total. The molecule has 178 valence electrons. The van der Waals surface area contributed by atoms with Crippen molar-refractivity contribution in [3.8, 4) is 5.75 Å². The fraction of sp³-hybridized carbons (Fsp3) is 0.0435. The molecule has 1 heterocycles. The number of fused-ring (bicyclic) bond motifs is 3. The Bertz CT molecular complexity index is 1730. The number of nitrogens with zero attached hydrogens (tertiary/aromatic N) is 3. The number of nitrogens with two attached hydrogens (primary N) is 1. The fourth-order valence-corrected chi connectivity index (χ4v) is 6.69. The first kappa shape index (κ1) is 26.3. The molecule has 1 unspecified atom stereocenters. The molecule has 0 amide bonds. The maximum atomic E-state index is 13.4. The molecule has 0 saturated heterocycles. The van der Waals surface area contributed by atoms with Gasteiger partial charge in [-0.1, -0.05) is 23.9 Å². The Labute approximate surface area is 228 Å². The first-order chi connectivity index (χ1) is 16.5. The number of hydrogen-bond donors (Lipinski definition) is 3. The molecular weight excluding hydrogens is 514 g/mol. The zero-order chi connectivity index (χ0) is 25.1. The summed E-state index contributed by atoms with van der Waals surface area (Å²) in [5.74, 6) is -0.786. The van der Waals surface area contributed by atoms with Gasteiger partial charge in [0, 0.05) is 12.7 Å². The molecule has 0 saturated carbocycles. The second-order valence-corrected chi connectivity index (χ2v) is 11.5. The Kier molecular flexibility index (Phi) is 6.78. The van der Waals surface area contributed by atoms with Crippen LogP contribution in [0.25, 0.3) is 10.8 Å². The van der Waals surface area contributed by atoms with Crippen LogP contribution >= 0.6 is 7.37 Å². The van der Waals surface area contributed by atoms with Crippen molar-refractivity contribution < 1.29 is 57.1 Å². The van der Waals surface area contributed by atoms with Crippen molar-refractivity contribution in [1.82, 2.24) is 0 Å². The Balaban J connectivity index is 0.00000304. The molecule has 0 radical (unpaired) electrons. The molecule has 5 rings (SSSR count). The Morgan fingerprint density at radius 1 is 0.972 bits per heavy atom. The molecule has 36 heavy (non-hydrogen) atoms. The molecule has 0 aliphatic carbocycles. The number of anilines is 3. The summed E-state index contributed by atoms with van der Waals surface area (Å²) < 4.78 is 47.0. The average molecular weight is 532 g/mol. The van der Waals surface area contributed by atoms with E-state index in [-0.39, 0.29) is 62.3 Å². The van der Waals surface area contributed by atoms with Gasteiger partial charge in [0.15, 0.2) is 0 Å². The molecular formula is C23H18N4NaO6PS. The van der Waals surface area contributed by atoms with Gasteiger partial charge in [0.05, 0.1) is 33.4 Å². The van der Waals surface area contributed by atoms with E-state index in [0.717, 1.165) is 6.07 Å². The maximum Gasteiger partial charge on any atom is 1.00 e. The molecule has 1 aliphatic rings. The van der Waals surface area contributed by atoms with Gasteiger partial charge >= 0.3 is 29.6 Å². The van der Waals surface area contributed by atoms with Crippen molar-refractivity contribution in [2.45, 2.75) is 4.90 Å². The third-order valence-electron chi connectivity index (χ3n) is 5.82. The van der Waals surface area contributed by atoms with Crippen LogP contribution in [-0.2, 0) is 14.7 Å². The van der Waals surface area contributed by atoms with E-state index in [9.17, 15) is 27.5 Å². The zero-order valence-corrected chi connectivity index (χ0v) is 22.9. The van der Waals surface area contributed by atoms with Crippen LogP contribution in [-0.4, -0.2) is 24.9 Å². The van der Waals surface area contributed by atoms with E-state index in [1.165, 1.54) is 30.3 Å². The molecule has 1 aliphatic heterocycles. The summed E-state index contributed by atoms with van der Waals surface area (Å²) in [7, 11) is -7.01. The largest absolute Gasteiger partial charge is 1.00 e. The van der Waals surface area contributed by atoms with Gasteiger partial charge < -0.3 is 20.6 Å². The Hall–Kier alpha value is -2.76. The van der Waals surface area contributed by atoms with Crippen molar-refractivity contribution in [2.24, 2.45) is 10.2 Å². The summed E-state index contributed by atoms with van der Waals surface area (Å²) in [6.07, 6.45) is 0. The van der Waals surface area contributed by atoms with Crippen molar-refractivity contribution in [2.75, 3.05) is 17.7 Å². The van der Waals surface area contributed by atoms with Crippen LogP contribution in [0, 0.1) is 0 Å². The molecule has 0 aromatic heterocycles. The van der Waals surface area contributed by atoms with E-state index < -0.39 is 33.8 Å². The molecule has 10 nitrogen and oxygen atoms in total. The fourth-order valence-electron chi connectivity index (χ4n) is 4.11. The van der Waals surface area contributed by atoms with Gasteiger partial charge in [-0.15, -0.1) is 5.11 Å². The van der Waals surface area contributed by atoms with E-state index in [0.29, 0.717) is 11.4 Å². The predicted molar refractivity (Wildman–Crippen MR) is 132 cm³/mol. The summed E-state index contributed by atoms with van der Waals surface area (Å²) in [5.41, 5.74) is 6.65. The van der Waals surface area contributed by atoms with Crippen LogP contribution in [0.5, 0.6) is 5.75 Å². The molecule has 4 aromatic rings. The predicted octanol–water partition coefficient (Wildman–Crippen LogP) is 0.464. The number of benzene rings is 4. The maximum absolute atomic E-state index is 13.4. The summed E-state index contributed by atoms with van der Waals surface area (Å²) in [5, 5.41) is 21.6. The van der Waals surface area contributed by atoms with E-state index in [1.54, 1.807) is 42.3 Å². The number of para-hydroxylation sites is 1. The van der Waals surface area contributed by atoms with Crippen molar-refractivity contribution in [1.29, 1.82) is 0 Å². The number of rotatable bonds is 3. The second-order valence-electron chi connectivity index (χ2n) is 8.00. The van der Waals surface area contributed by atoms with Gasteiger partial charge in [0.1, 0.15) is 4.90 Å². The smallest absolute Gasteiger partial charge is 0.871 e. The first-order valence-electron chi connectivity index (χ1n) is 10.2. The van der Waals surface area contributed by atoms with Crippen LogP contribution in [0.4, 0.5) is 28.4 Å². The molecule has 0 fully saturated rings. The summed E-state index contributed by atoms with van der Waals surface area (Å²) in [6, 6.07) is 16.7. The minimum absolute atomic E-state index is 0. The van der Waals surface area contributed by atoms with Gasteiger partial charge in [-0.3, -0.25) is 9.12 Å². The third kappa shape index (κ3) is 4.33. The van der Waals surface area contributed by atoms with Gasteiger partial charge in [0.25, 0.3) is 17.5 Å². The number of azo groups is 1. The molecule has 0 bridgehead atoms. The average Bonchev–Trinajstić information content (AvgIpc) is 2.82. The van der Waals surface area contributed by atoms with Gasteiger partial charge in [-0.2, -0.15) is 13.5 Å². The van der Waals surface area contributed by atoms with Crippen LogP contribution in [0.3, 0.4) is 0 Å². The topological polar surface area (TPSA) is 169 Å². The second kappa shape index (κ2) is 9.28. The summed E-state index contributed by atoms with van der Waals surface area (Å²) in [6.45, 7) is 0. The van der Waals surface area contributed by atoms with Crippen LogP contribution in [0.15, 0.2) is 81.9 Å². The van der Waals surface area contributed by atoms with Crippen LogP contribution in [0.2, 0.25) is 0 Å². The minimum atomic E-state index is -4.81. The van der Waals surface area contributed by atoms with Crippen molar-refractivity contribution in [3.63, 3.8) is 0 Å². The Morgan fingerprint density at radius 2 is 1.67 bits per heavy atom. The van der Waals surface area contributed by atoms with E-state index >= 15 is 0 Å². The van der Waals surface area contributed by atoms with Gasteiger partial charge in [-0.25, -0.2) is 0 Å². The summed E-state index contributed by atoms with van der Waals surface area (Å²) in [4.78, 5) is 12.0. The third-order valence-corrected chi connectivity index (χ3v) is 8.73. The number of hydrogen-bond acceptors (Lipinski definition) is 8. The number of nitrogen functional groups attached to an aromatic ring is 1. The molecule has 1 atom stereocenters. The van der Waals surface area contributed by atoms with Crippen LogP contribution < -0.4 is 55.9 Å². The van der Waals surface area contributed by atoms with Gasteiger partial charge in [-0.05, 0) is 59.3 Å². The van der Waals surface area contributed by atoms with Crippen molar-refractivity contribution in [3.05, 3.63) is 66.7 Å². The molecule has 13 heteroatoms.